The summed E-state index contributed by atoms with van der Waals surface area (Å²) in [5, 5.41) is 1.53. The highest BCUT2D eigenvalue weighted by Crippen LogP contribution is 2.31. The summed E-state index contributed by atoms with van der Waals surface area (Å²) in [6.07, 6.45) is 0.602. The van der Waals surface area contributed by atoms with E-state index >= 15 is 0 Å². The van der Waals surface area contributed by atoms with Gasteiger partial charge < -0.3 is 9.47 Å². The third-order valence-electron chi connectivity index (χ3n) is 5.27. The summed E-state index contributed by atoms with van der Waals surface area (Å²) in [6.45, 7) is 5.39. The van der Waals surface area contributed by atoms with E-state index in [1.807, 2.05) is 50.2 Å². The minimum absolute atomic E-state index is 0.113. The van der Waals surface area contributed by atoms with Crippen LogP contribution in [0.15, 0.2) is 65.5 Å². The second-order valence-corrected chi connectivity index (χ2v) is 8.27. The van der Waals surface area contributed by atoms with Crippen molar-refractivity contribution in [3.05, 3.63) is 86.6 Å². The number of aromatic nitrogens is 2. The van der Waals surface area contributed by atoms with Gasteiger partial charge in [0.15, 0.2) is 11.5 Å². The minimum Gasteiger partial charge on any atom is -0.490 e. The molecule has 0 amide bonds. The lowest BCUT2D eigenvalue weighted by Crippen LogP contribution is -2.24. The zero-order valence-corrected chi connectivity index (χ0v) is 20.0. The molecule has 0 aliphatic carbocycles. The maximum absolute atomic E-state index is 13.4. The highest BCUT2D eigenvalue weighted by molar-refractivity contribution is 6.36. The van der Waals surface area contributed by atoms with Gasteiger partial charge >= 0.3 is 0 Å². The van der Waals surface area contributed by atoms with Crippen LogP contribution in [0.2, 0.25) is 10.0 Å². The first-order valence-corrected chi connectivity index (χ1v) is 11.6. The van der Waals surface area contributed by atoms with Crippen LogP contribution >= 0.6 is 23.2 Å². The zero-order chi connectivity index (χ0) is 23.4. The van der Waals surface area contributed by atoms with Crippen LogP contribution in [0.1, 0.15) is 19.4 Å². The van der Waals surface area contributed by atoms with Crippen molar-refractivity contribution in [2.75, 3.05) is 13.2 Å². The van der Waals surface area contributed by atoms with Crippen molar-refractivity contribution in [3.63, 3.8) is 0 Å². The lowest BCUT2D eigenvalue weighted by Gasteiger charge is -2.16. The Balaban J connectivity index is 1.76. The van der Waals surface area contributed by atoms with Crippen LogP contribution in [0.4, 0.5) is 0 Å². The van der Waals surface area contributed by atoms with Crippen molar-refractivity contribution in [1.82, 2.24) is 9.55 Å². The smallest absolute Gasteiger partial charge is 0.261 e. The van der Waals surface area contributed by atoms with Crippen LogP contribution in [-0.4, -0.2) is 22.8 Å². The van der Waals surface area contributed by atoms with Crippen LogP contribution in [0, 0.1) is 0 Å². The Morgan fingerprint density at radius 3 is 2.42 bits per heavy atom. The maximum atomic E-state index is 13.4. The van der Waals surface area contributed by atoms with Crippen molar-refractivity contribution in [3.8, 4) is 22.9 Å². The number of para-hydroxylation sites is 1. The van der Waals surface area contributed by atoms with Crippen LogP contribution < -0.4 is 15.0 Å². The Labute approximate surface area is 202 Å². The molecule has 0 atom stereocenters. The fraction of sp³-hybridized carbons (Fsp3) is 0.231. The number of hydrogen-bond donors (Lipinski definition) is 0. The summed E-state index contributed by atoms with van der Waals surface area (Å²) in [4.78, 5) is 18.2. The topological polar surface area (TPSA) is 53.4 Å². The molecular formula is C26H24Cl2N2O3. The van der Waals surface area contributed by atoms with Crippen molar-refractivity contribution < 1.29 is 9.47 Å². The number of hydrogen-bond acceptors (Lipinski definition) is 4. The fourth-order valence-electron chi connectivity index (χ4n) is 3.74. The first-order chi connectivity index (χ1) is 16.0. The average molecular weight is 483 g/mol. The normalized spacial score (nSPS) is 11.0. The Morgan fingerprint density at radius 2 is 1.67 bits per heavy atom. The molecule has 1 aromatic heterocycles. The predicted molar refractivity (Wildman–Crippen MR) is 134 cm³/mol. The molecule has 3 aromatic carbocycles. The quantitative estimate of drug-likeness (QED) is 0.291. The molecule has 1 heterocycles. The Kier molecular flexibility index (Phi) is 7.21. The second-order valence-electron chi connectivity index (χ2n) is 7.43. The first kappa shape index (κ1) is 23.1. The van der Waals surface area contributed by atoms with Crippen LogP contribution in [0.5, 0.6) is 11.5 Å². The summed E-state index contributed by atoms with van der Waals surface area (Å²) >= 11 is 12.6. The van der Waals surface area contributed by atoms with E-state index in [2.05, 4.69) is 0 Å². The van der Waals surface area contributed by atoms with Gasteiger partial charge in [0.1, 0.15) is 5.82 Å². The number of rotatable bonds is 8. The Bertz CT molecular complexity index is 1350. The summed E-state index contributed by atoms with van der Waals surface area (Å²) in [5.74, 6) is 1.92. The maximum Gasteiger partial charge on any atom is 0.261 e. The van der Waals surface area contributed by atoms with Crippen LogP contribution in [0.3, 0.4) is 0 Å². The molecule has 5 nitrogen and oxygen atoms in total. The monoisotopic (exact) mass is 482 g/mol. The van der Waals surface area contributed by atoms with Gasteiger partial charge in [-0.25, -0.2) is 4.98 Å². The number of aryl methyl sites for hydroxylation is 1. The number of benzene rings is 3. The van der Waals surface area contributed by atoms with E-state index in [0.717, 1.165) is 5.56 Å². The van der Waals surface area contributed by atoms with Gasteiger partial charge in [-0.2, -0.15) is 0 Å². The molecule has 0 saturated carbocycles. The molecule has 0 N–H and O–H groups in total. The van der Waals surface area contributed by atoms with Gasteiger partial charge in [0.2, 0.25) is 0 Å². The molecule has 0 aliphatic heterocycles. The van der Waals surface area contributed by atoms with E-state index in [9.17, 15) is 4.79 Å². The zero-order valence-electron chi connectivity index (χ0n) is 18.5. The molecule has 0 spiro atoms. The molecule has 0 radical (unpaired) electrons. The molecule has 33 heavy (non-hydrogen) atoms. The molecule has 0 aliphatic rings. The summed E-state index contributed by atoms with van der Waals surface area (Å²) < 4.78 is 13.1. The first-order valence-electron chi connectivity index (χ1n) is 10.8. The lowest BCUT2D eigenvalue weighted by atomic mass is 10.1. The molecule has 7 heteroatoms. The summed E-state index contributed by atoms with van der Waals surface area (Å²) in [7, 11) is 0. The third-order valence-corrected chi connectivity index (χ3v) is 5.81. The lowest BCUT2D eigenvalue weighted by molar-refractivity contribution is 0.287. The number of ether oxygens (including phenoxy) is 2. The predicted octanol–water partition coefficient (Wildman–Crippen LogP) is 6.41. The van der Waals surface area contributed by atoms with Gasteiger partial charge in [-0.15, -0.1) is 0 Å². The van der Waals surface area contributed by atoms with Crippen molar-refractivity contribution >= 4 is 34.1 Å². The molecule has 0 fully saturated rings. The van der Waals surface area contributed by atoms with E-state index in [1.165, 1.54) is 0 Å². The van der Waals surface area contributed by atoms with Gasteiger partial charge in [-0.3, -0.25) is 9.36 Å². The highest BCUT2D eigenvalue weighted by Gasteiger charge is 2.16. The SMILES string of the molecule is CCOc1ccc(CCn2c(-c3ccc(Cl)cc3Cl)nc3ccccc3c2=O)cc1OCC. The van der Waals surface area contributed by atoms with Crippen molar-refractivity contribution in [1.29, 1.82) is 0 Å². The van der Waals surface area contributed by atoms with Gasteiger partial charge in [0.25, 0.3) is 5.56 Å². The molecule has 0 saturated heterocycles. The Hall–Kier alpha value is -3.02. The number of halogens is 2. The highest BCUT2D eigenvalue weighted by atomic mass is 35.5. The molecule has 0 unspecified atom stereocenters. The molecule has 4 aromatic rings. The van der Waals surface area contributed by atoms with Crippen LogP contribution in [0.25, 0.3) is 22.3 Å². The van der Waals surface area contributed by atoms with E-state index in [0.29, 0.717) is 70.0 Å². The average Bonchev–Trinajstić information content (AvgIpc) is 2.80. The third kappa shape index (κ3) is 5.00. The van der Waals surface area contributed by atoms with Gasteiger partial charge in [0.05, 0.1) is 29.1 Å². The summed E-state index contributed by atoms with van der Waals surface area (Å²) in [6, 6.07) is 18.4. The van der Waals surface area contributed by atoms with E-state index in [4.69, 9.17) is 37.7 Å². The van der Waals surface area contributed by atoms with Crippen molar-refractivity contribution in [2.24, 2.45) is 0 Å². The van der Waals surface area contributed by atoms with E-state index in [-0.39, 0.29) is 5.56 Å². The van der Waals surface area contributed by atoms with Crippen molar-refractivity contribution in [2.45, 2.75) is 26.8 Å². The van der Waals surface area contributed by atoms with Gasteiger partial charge in [0, 0.05) is 17.1 Å². The summed E-state index contributed by atoms with van der Waals surface area (Å²) in [5.41, 5.74) is 2.19. The molecule has 170 valence electrons. The Morgan fingerprint density at radius 1 is 0.909 bits per heavy atom. The minimum atomic E-state index is -0.113. The van der Waals surface area contributed by atoms with E-state index in [1.54, 1.807) is 28.8 Å². The largest absolute Gasteiger partial charge is 0.490 e. The molecule has 4 rings (SSSR count). The van der Waals surface area contributed by atoms with Gasteiger partial charge in [-0.1, -0.05) is 41.4 Å². The number of nitrogens with zero attached hydrogens (tertiary/aromatic N) is 2. The van der Waals surface area contributed by atoms with Gasteiger partial charge in [-0.05, 0) is 68.3 Å². The fourth-order valence-corrected chi connectivity index (χ4v) is 4.24. The van der Waals surface area contributed by atoms with Crippen LogP contribution in [-0.2, 0) is 13.0 Å². The standard InChI is InChI=1S/C26H24Cl2N2O3/c1-3-32-23-12-9-17(15-24(23)33-4-2)13-14-30-25(19-11-10-18(27)16-21(19)28)29-22-8-6-5-7-20(22)26(30)31/h5-12,15-16H,3-4,13-14H2,1-2H3. The molecular weight excluding hydrogens is 459 g/mol. The second kappa shape index (κ2) is 10.3. The van der Waals surface area contributed by atoms with E-state index < -0.39 is 0 Å². The molecule has 0 bridgehead atoms. The number of fused-ring (bicyclic) bond motifs is 1.